The van der Waals surface area contributed by atoms with Gasteiger partial charge in [0.05, 0.1) is 13.2 Å². The van der Waals surface area contributed by atoms with E-state index < -0.39 is 5.60 Å². The van der Waals surface area contributed by atoms with Crippen molar-refractivity contribution >= 4 is 12.4 Å². The molecule has 1 heterocycles. The molecule has 1 saturated heterocycles. The summed E-state index contributed by atoms with van der Waals surface area (Å²) >= 11 is 0. The van der Waals surface area contributed by atoms with E-state index in [1.165, 1.54) is 0 Å². The van der Waals surface area contributed by atoms with Gasteiger partial charge in [-0.3, -0.25) is 4.79 Å². The monoisotopic (exact) mass is 363 g/mol. The van der Waals surface area contributed by atoms with Crippen molar-refractivity contribution in [2.45, 2.75) is 46.1 Å². The molecule has 1 aliphatic rings. The highest BCUT2D eigenvalue weighted by Crippen LogP contribution is 2.29. The van der Waals surface area contributed by atoms with Crippen molar-refractivity contribution in [2.24, 2.45) is 5.92 Å². The number of piperidine rings is 1. The van der Waals surface area contributed by atoms with E-state index in [1.54, 1.807) is 23.1 Å². The van der Waals surface area contributed by atoms with Crippen LogP contribution in [0.3, 0.4) is 0 Å². The van der Waals surface area contributed by atoms with Gasteiger partial charge in [-0.2, -0.15) is 0 Å². The third kappa shape index (κ3) is 5.93. The molecule has 0 saturated carbocycles. The van der Waals surface area contributed by atoms with Crippen molar-refractivity contribution in [3.63, 3.8) is 0 Å². The Morgan fingerprint density at radius 3 is 2.46 bits per heavy atom. The van der Waals surface area contributed by atoms with Crippen molar-refractivity contribution in [1.29, 1.82) is 0 Å². The maximum Gasteiger partial charge on any atom is 0.410 e. The minimum atomic E-state index is -0.472. The second-order valence-corrected chi connectivity index (χ2v) is 7.48. The van der Waals surface area contributed by atoms with Gasteiger partial charge in [0, 0.05) is 18.7 Å². The van der Waals surface area contributed by atoms with Gasteiger partial charge in [0.1, 0.15) is 11.9 Å². The van der Waals surface area contributed by atoms with Gasteiger partial charge in [0.15, 0.2) is 11.5 Å². The lowest BCUT2D eigenvalue weighted by Gasteiger charge is -2.33. The Morgan fingerprint density at radius 1 is 1.19 bits per heavy atom. The van der Waals surface area contributed by atoms with Crippen molar-refractivity contribution < 1.29 is 23.8 Å². The zero-order valence-electron chi connectivity index (χ0n) is 16.1. The van der Waals surface area contributed by atoms with E-state index in [0.29, 0.717) is 49.3 Å². The summed E-state index contributed by atoms with van der Waals surface area (Å²) in [5.74, 6) is 1.60. The molecule has 0 aromatic heterocycles. The summed E-state index contributed by atoms with van der Waals surface area (Å²) in [6, 6.07) is 5.18. The number of amides is 1. The van der Waals surface area contributed by atoms with Crippen LogP contribution in [0.15, 0.2) is 18.2 Å². The number of benzene rings is 1. The van der Waals surface area contributed by atoms with Crippen LogP contribution in [-0.4, -0.2) is 49.2 Å². The Kier molecular flexibility index (Phi) is 6.89. The maximum absolute atomic E-state index is 12.1. The molecule has 0 N–H and O–H groups in total. The average molecular weight is 363 g/mol. The molecule has 0 spiro atoms. The second kappa shape index (κ2) is 8.92. The van der Waals surface area contributed by atoms with Crippen LogP contribution in [0.4, 0.5) is 4.79 Å². The van der Waals surface area contributed by atoms with Gasteiger partial charge < -0.3 is 19.1 Å². The predicted molar refractivity (Wildman–Crippen MR) is 99.0 cm³/mol. The Balaban J connectivity index is 1.85. The van der Waals surface area contributed by atoms with Crippen LogP contribution in [0.2, 0.25) is 0 Å². The number of ether oxygens (including phenoxy) is 3. The Morgan fingerprint density at radius 2 is 1.88 bits per heavy atom. The summed E-state index contributed by atoms with van der Waals surface area (Å²) in [4.78, 5) is 24.8. The van der Waals surface area contributed by atoms with E-state index in [9.17, 15) is 9.59 Å². The minimum Gasteiger partial charge on any atom is -0.490 e. The number of aldehydes is 1. The summed E-state index contributed by atoms with van der Waals surface area (Å²) in [5, 5.41) is 0. The fourth-order valence-corrected chi connectivity index (χ4v) is 2.80. The standard InChI is InChI=1S/C20H29NO5/c1-5-24-18-12-16(13-22)6-7-17(18)25-14-15-8-10-21(11-9-15)19(23)26-20(2,3)4/h6-7,12-13,15H,5,8-11,14H2,1-4H3. The van der Waals surface area contributed by atoms with E-state index in [-0.39, 0.29) is 6.09 Å². The number of carbonyl (C=O) groups is 2. The molecule has 2 rings (SSSR count). The molecule has 144 valence electrons. The smallest absolute Gasteiger partial charge is 0.410 e. The van der Waals surface area contributed by atoms with Crippen molar-refractivity contribution in [3.8, 4) is 11.5 Å². The lowest BCUT2D eigenvalue weighted by Crippen LogP contribution is -2.42. The summed E-state index contributed by atoms with van der Waals surface area (Å²) in [5.41, 5.74) is 0.0897. The maximum atomic E-state index is 12.1. The molecule has 0 atom stereocenters. The molecular weight excluding hydrogens is 334 g/mol. The van der Waals surface area contributed by atoms with E-state index in [2.05, 4.69) is 0 Å². The van der Waals surface area contributed by atoms with Crippen LogP contribution in [0, 0.1) is 5.92 Å². The summed E-state index contributed by atoms with van der Waals surface area (Å²) in [6.07, 6.45) is 2.28. The van der Waals surface area contributed by atoms with Crippen molar-refractivity contribution in [3.05, 3.63) is 23.8 Å². The van der Waals surface area contributed by atoms with E-state index in [1.807, 2.05) is 27.7 Å². The lowest BCUT2D eigenvalue weighted by molar-refractivity contribution is 0.0164. The molecule has 1 amide bonds. The molecule has 0 radical (unpaired) electrons. The predicted octanol–water partition coefficient (Wildman–Crippen LogP) is 3.92. The van der Waals surface area contributed by atoms with E-state index in [0.717, 1.165) is 19.1 Å². The molecule has 6 nitrogen and oxygen atoms in total. The SMILES string of the molecule is CCOc1cc(C=O)ccc1OCC1CCN(C(=O)OC(C)(C)C)CC1. The highest BCUT2D eigenvalue weighted by Gasteiger charge is 2.27. The van der Waals surface area contributed by atoms with Gasteiger partial charge in [-0.1, -0.05) is 0 Å². The number of hydrogen-bond donors (Lipinski definition) is 0. The van der Waals surface area contributed by atoms with Gasteiger partial charge in [-0.05, 0) is 64.7 Å². The first kappa shape index (κ1) is 20.1. The summed E-state index contributed by atoms with van der Waals surface area (Å²) < 4.78 is 16.9. The molecule has 6 heteroatoms. The van der Waals surface area contributed by atoms with Gasteiger partial charge in [0.2, 0.25) is 0 Å². The molecular formula is C20H29NO5. The van der Waals surface area contributed by atoms with Crippen LogP contribution < -0.4 is 9.47 Å². The molecule has 1 aromatic carbocycles. The number of carbonyl (C=O) groups excluding carboxylic acids is 2. The molecule has 1 aromatic rings. The Labute approximate surface area is 155 Å². The molecule has 26 heavy (non-hydrogen) atoms. The molecule has 0 unspecified atom stereocenters. The largest absolute Gasteiger partial charge is 0.490 e. The normalized spacial score (nSPS) is 15.5. The summed E-state index contributed by atoms with van der Waals surface area (Å²) in [7, 11) is 0. The zero-order valence-corrected chi connectivity index (χ0v) is 16.1. The first-order valence-electron chi connectivity index (χ1n) is 9.15. The molecule has 1 aliphatic heterocycles. The van der Waals surface area contributed by atoms with Crippen LogP contribution in [0.5, 0.6) is 11.5 Å². The lowest BCUT2D eigenvalue weighted by atomic mass is 9.98. The van der Waals surface area contributed by atoms with Gasteiger partial charge in [-0.15, -0.1) is 0 Å². The second-order valence-electron chi connectivity index (χ2n) is 7.48. The first-order valence-corrected chi connectivity index (χ1v) is 9.15. The topological polar surface area (TPSA) is 65.1 Å². The number of rotatable bonds is 6. The Bertz CT molecular complexity index is 615. The van der Waals surface area contributed by atoms with Crippen LogP contribution in [0.25, 0.3) is 0 Å². The van der Waals surface area contributed by atoms with Gasteiger partial charge in [-0.25, -0.2) is 4.79 Å². The van der Waals surface area contributed by atoms with Crippen molar-refractivity contribution in [1.82, 2.24) is 4.90 Å². The highest BCUT2D eigenvalue weighted by molar-refractivity contribution is 5.76. The highest BCUT2D eigenvalue weighted by atomic mass is 16.6. The minimum absolute atomic E-state index is 0.250. The van der Waals surface area contributed by atoms with Crippen LogP contribution in [-0.2, 0) is 4.74 Å². The fourth-order valence-electron chi connectivity index (χ4n) is 2.80. The van der Waals surface area contributed by atoms with E-state index in [4.69, 9.17) is 14.2 Å². The van der Waals surface area contributed by atoms with Crippen LogP contribution >= 0.6 is 0 Å². The third-order valence-electron chi connectivity index (χ3n) is 4.14. The average Bonchev–Trinajstić information content (AvgIpc) is 2.60. The molecule has 0 aliphatic carbocycles. The first-order chi connectivity index (χ1) is 12.3. The summed E-state index contributed by atoms with van der Waals surface area (Å²) in [6.45, 7) is 9.92. The fraction of sp³-hybridized carbons (Fsp3) is 0.600. The van der Waals surface area contributed by atoms with Gasteiger partial charge >= 0.3 is 6.09 Å². The molecule has 0 bridgehead atoms. The zero-order chi connectivity index (χ0) is 19.2. The Hall–Kier alpha value is -2.24. The molecule has 1 fully saturated rings. The third-order valence-corrected chi connectivity index (χ3v) is 4.14. The van der Waals surface area contributed by atoms with Crippen molar-refractivity contribution in [2.75, 3.05) is 26.3 Å². The number of likely N-dealkylation sites (tertiary alicyclic amines) is 1. The van der Waals surface area contributed by atoms with E-state index >= 15 is 0 Å². The number of nitrogens with zero attached hydrogens (tertiary/aromatic N) is 1. The van der Waals surface area contributed by atoms with Gasteiger partial charge in [0.25, 0.3) is 0 Å². The quantitative estimate of drug-likeness (QED) is 0.717. The number of hydrogen-bond acceptors (Lipinski definition) is 5. The van der Waals surface area contributed by atoms with Crippen LogP contribution in [0.1, 0.15) is 50.9 Å².